The second-order valence-electron chi connectivity index (χ2n) is 4.04. The number of rotatable bonds is 0. The van der Waals surface area contributed by atoms with Crippen LogP contribution in [0.2, 0.25) is 0 Å². The average Bonchev–Trinajstić information content (AvgIpc) is 2.32. The first-order valence-corrected chi connectivity index (χ1v) is 5.40. The molecular weight excluding hydrogens is 196 g/mol. The van der Waals surface area contributed by atoms with Gasteiger partial charge in [0.05, 0.1) is 0 Å². The maximum atomic E-state index is 4.49. The summed E-state index contributed by atoms with van der Waals surface area (Å²) in [5.74, 6) is 0.992. The Bertz CT molecular complexity index is 470. The van der Waals surface area contributed by atoms with E-state index in [9.17, 15) is 0 Å². The molecule has 2 heteroatoms. The summed E-state index contributed by atoms with van der Waals surface area (Å²) in [5.41, 5.74) is 3.38. The van der Waals surface area contributed by atoms with Gasteiger partial charge in [0.25, 0.3) is 0 Å². The average molecular weight is 212 g/mol. The summed E-state index contributed by atoms with van der Waals surface area (Å²) in [6, 6.07) is 2.18. The molecule has 2 heterocycles. The van der Waals surface area contributed by atoms with Crippen LogP contribution in [0.5, 0.6) is 0 Å². The largest absolute Gasteiger partial charge is 0.330 e. The number of anilines is 1. The van der Waals surface area contributed by atoms with Crippen LogP contribution in [0.1, 0.15) is 11.1 Å². The number of likely N-dealkylation sites (N-methyl/N-ethyl adjacent to an activating group) is 1. The fourth-order valence-electron chi connectivity index (χ4n) is 1.76. The molecule has 16 heavy (non-hydrogen) atoms. The normalized spacial score (nSPS) is 19.4. The monoisotopic (exact) mass is 212 g/mol. The van der Waals surface area contributed by atoms with Crippen molar-refractivity contribution in [1.29, 1.82) is 0 Å². The molecule has 1 aromatic heterocycles. The molecule has 0 bridgehead atoms. The Morgan fingerprint density at radius 3 is 3.00 bits per heavy atom. The highest BCUT2D eigenvalue weighted by atomic mass is 15.2. The van der Waals surface area contributed by atoms with E-state index in [2.05, 4.69) is 36.7 Å². The van der Waals surface area contributed by atoms with Crippen LogP contribution in [-0.2, 0) is 6.42 Å². The van der Waals surface area contributed by atoms with Crippen LogP contribution in [0.15, 0.2) is 48.8 Å². The lowest BCUT2D eigenvalue weighted by molar-refractivity contribution is 1.04. The van der Waals surface area contributed by atoms with Crippen molar-refractivity contribution < 1.29 is 0 Å². The topological polar surface area (TPSA) is 16.1 Å². The van der Waals surface area contributed by atoms with E-state index in [4.69, 9.17) is 0 Å². The van der Waals surface area contributed by atoms with Gasteiger partial charge in [-0.25, -0.2) is 4.98 Å². The van der Waals surface area contributed by atoms with Crippen LogP contribution >= 0.6 is 0 Å². The molecule has 0 fully saturated rings. The van der Waals surface area contributed by atoms with E-state index >= 15 is 0 Å². The van der Waals surface area contributed by atoms with Crippen molar-refractivity contribution in [1.82, 2.24) is 4.98 Å². The van der Waals surface area contributed by atoms with Crippen LogP contribution in [0.25, 0.3) is 0 Å². The van der Waals surface area contributed by atoms with E-state index in [1.54, 1.807) is 0 Å². The van der Waals surface area contributed by atoms with Gasteiger partial charge in [-0.15, -0.1) is 0 Å². The number of nitrogens with zero attached hydrogens (tertiary/aromatic N) is 2. The predicted octanol–water partition coefficient (Wildman–Crippen LogP) is 3.01. The van der Waals surface area contributed by atoms with Gasteiger partial charge in [0.15, 0.2) is 0 Å². The molecule has 0 amide bonds. The standard InChI is InChI=1S/C14H16N2/c1-11-9-13-8-6-4-5-7-12(2)16(3)14(13)15-10-11/h4-7,9-10H,2,8H2,1,3H3/b6-4-,7-5-. The molecule has 1 aliphatic heterocycles. The van der Waals surface area contributed by atoms with E-state index in [1.165, 1.54) is 11.1 Å². The van der Waals surface area contributed by atoms with Crippen molar-refractivity contribution in [3.05, 3.63) is 60.0 Å². The summed E-state index contributed by atoms with van der Waals surface area (Å²) in [6.45, 7) is 6.09. The number of pyridine rings is 1. The van der Waals surface area contributed by atoms with E-state index < -0.39 is 0 Å². The molecule has 1 aromatic rings. The highest BCUT2D eigenvalue weighted by Crippen LogP contribution is 2.22. The molecule has 0 unspecified atom stereocenters. The Morgan fingerprint density at radius 2 is 2.19 bits per heavy atom. The third-order valence-corrected chi connectivity index (χ3v) is 2.70. The zero-order chi connectivity index (χ0) is 11.5. The quantitative estimate of drug-likeness (QED) is 0.657. The lowest BCUT2D eigenvalue weighted by Gasteiger charge is -2.21. The summed E-state index contributed by atoms with van der Waals surface area (Å²) >= 11 is 0. The van der Waals surface area contributed by atoms with Gasteiger partial charge in [0.2, 0.25) is 0 Å². The van der Waals surface area contributed by atoms with Gasteiger partial charge in [-0.1, -0.05) is 30.9 Å². The van der Waals surface area contributed by atoms with Crippen molar-refractivity contribution in [3.8, 4) is 0 Å². The summed E-state index contributed by atoms with van der Waals surface area (Å²) in [4.78, 5) is 6.52. The fourth-order valence-corrected chi connectivity index (χ4v) is 1.76. The minimum Gasteiger partial charge on any atom is -0.330 e. The molecule has 0 N–H and O–H groups in total. The Labute approximate surface area is 96.6 Å². The lowest BCUT2D eigenvalue weighted by Crippen LogP contribution is -2.17. The first-order chi connectivity index (χ1) is 7.68. The number of fused-ring (bicyclic) bond motifs is 1. The lowest BCUT2D eigenvalue weighted by atomic mass is 10.1. The first-order valence-electron chi connectivity index (χ1n) is 5.40. The molecule has 1 aliphatic rings. The number of aromatic nitrogens is 1. The molecule has 2 nitrogen and oxygen atoms in total. The smallest absolute Gasteiger partial charge is 0.136 e. The highest BCUT2D eigenvalue weighted by Gasteiger charge is 2.10. The highest BCUT2D eigenvalue weighted by molar-refractivity contribution is 5.55. The van der Waals surface area contributed by atoms with Crippen LogP contribution in [0.3, 0.4) is 0 Å². The van der Waals surface area contributed by atoms with Crippen molar-refractivity contribution >= 4 is 5.82 Å². The SMILES string of the molecule is C=C1/C=C\C=C/Cc2cc(C)cnc2N1C. The minimum atomic E-state index is 0.909. The molecule has 0 saturated carbocycles. The molecule has 2 rings (SSSR count). The van der Waals surface area contributed by atoms with Crippen molar-refractivity contribution in [2.24, 2.45) is 0 Å². The van der Waals surface area contributed by atoms with E-state index in [1.807, 2.05) is 30.3 Å². The Balaban J connectivity index is 2.51. The molecular formula is C14H16N2. The second kappa shape index (κ2) is 4.35. The number of hydrogen-bond acceptors (Lipinski definition) is 2. The third-order valence-electron chi connectivity index (χ3n) is 2.70. The summed E-state index contributed by atoms with van der Waals surface area (Å²) < 4.78 is 0. The minimum absolute atomic E-state index is 0.909. The maximum absolute atomic E-state index is 4.49. The Kier molecular flexibility index (Phi) is 2.91. The molecule has 0 saturated heterocycles. The van der Waals surface area contributed by atoms with E-state index in [0.717, 1.165) is 17.9 Å². The van der Waals surface area contributed by atoms with Crippen LogP contribution in [0.4, 0.5) is 5.82 Å². The second-order valence-corrected chi connectivity index (χ2v) is 4.04. The van der Waals surface area contributed by atoms with Crippen LogP contribution in [0, 0.1) is 6.92 Å². The van der Waals surface area contributed by atoms with Crippen molar-refractivity contribution in [3.63, 3.8) is 0 Å². The van der Waals surface area contributed by atoms with Gasteiger partial charge >= 0.3 is 0 Å². The summed E-state index contributed by atoms with van der Waals surface area (Å²) in [5, 5.41) is 0. The van der Waals surface area contributed by atoms with Gasteiger partial charge in [-0.05, 0) is 30.5 Å². The van der Waals surface area contributed by atoms with E-state index in [-0.39, 0.29) is 0 Å². The Morgan fingerprint density at radius 1 is 1.38 bits per heavy atom. The van der Waals surface area contributed by atoms with Crippen LogP contribution < -0.4 is 4.90 Å². The van der Waals surface area contributed by atoms with Gasteiger partial charge < -0.3 is 4.90 Å². The van der Waals surface area contributed by atoms with Crippen LogP contribution in [-0.4, -0.2) is 12.0 Å². The summed E-state index contributed by atoms with van der Waals surface area (Å²) in [7, 11) is 2.00. The number of aryl methyl sites for hydroxylation is 1. The van der Waals surface area contributed by atoms with Gasteiger partial charge in [0, 0.05) is 18.9 Å². The third kappa shape index (κ3) is 2.06. The zero-order valence-electron chi connectivity index (χ0n) is 9.77. The van der Waals surface area contributed by atoms with Crippen molar-refractivity contribution in [2.45, 2.75) is 13.3 Å². The van der Waals surface area contributed by atoms with Gasteiger partial charge in [-0.2, -0.15) is 0 Å². The Hall–Kier alpha value is -1.83. The zero-order valence-corrected chi connectivity index (χ0v) is 9.77. The van der Waals surface area contributed by atoms with Gasteiger partial charge in [0.1, 0.15) is 5.82 Å². The van der Waals surface area contributed by atoms with Crippen molar-refractivity contribution in [2.75, 3.05) is 11.9 Å². The summed E-state index contributed by atoms with van der Waals surface area (Å²) in [6.07, 6.45) is 11.0. The molecule has 0 atom stereocenters. The molecule has 82 valence electrons. The van der Waals surface area contributed by atoms with E-state index in [0.29, 0.717) is 0 Å². The first kappa shape index (κ1) is 10.7. The maximum Gasteiger partial charge on any atom is 0.136 e. The van der Waals surface area contributed by atoms with Gasteiger partial charge in [-0.3, -0.25) is 0 Å². The number of hydrogen-bond donors (Lipinski definition) is 0. The number of allylic oxidation sites excluding steroid dienone is 4. The molecule has 0 radical (unpaired) electrons. The predicted molar refractivity (Wildman–Crippen MR) is 68.5 cm³/mol. The molecule has 0 aromatic carbocycles. The molecule has 0 aliphatic carbocycles. The molecule has 0 spiro atoms. The fraction of sp³-hybridized carbons (Fsp3) is 0.214.